The van der Waals surface area contributed by atoms with Gasteiger partial charge in [-0.05, 0) is 43.2 Å². The third-order valence-corrected chi connectivity index (χ3v) is 7.27. The van der Waals surface area contributed by atoms with Gasteiger partial charge < -0.3 is 5.73 Å². The predicted octanol–water partition coefficient (Wildman–Crippen LogP) is 5.01. The lowest BCUT2D eigenvalue weighted by Gasteiger charge is -2.45. The van der Waals surface area contributed by atoms with Gasteiger partial charge in [-0.3, -0.25) is 9.59 Å². The third-order valence-electron chi connectivity index (χ3n) is 7.27. The van der Waals surface area contributed by atoms with Crippen molar-refractivity contribution in [1.29, 1.82) is 5.26 Å². The maximum Gasteiger partial charge on any atom is 0.184 e. The Morgan fingerprint density at radius 1 is 1.00 bits per heavy atom. The number of nitrogens with zero attached hydrogens (tertiary/aromatic N) is 1. The molecule has 0 bridgehead atoms. The number of fused-ring (bicyclic) bond motifs is 2. The summed E-state index contributed by atoms with van der Waals surface area (Å²) in [4.78, 5) is 28.0. The van der Waals surface area contributed by atoms with Gasteiger partial charge in [0, 0.05) is 22.7 Å². The number of ketones is 2. The summed E-state index contributed by atoms with van der Waals surface area (Å²) in [5.74, 6) is -1.07. The van der Waals surface area contributed by atoms with Gasteiger partial charge in [-0.2, -0.15) is 5.26 Å². The van der Waals surface area contributed by atoms with Crippen molar-refractivity contribution in [2.75, 3.05) is 0 Å². The van der Waals surface area contributed by atoms with Gasteiger partial charge in [-0.25, -0.2) is 0 Å². The molecule has 31 heavy (non-hydrogen) atoms. The number of hydrogen-bond acceptors (Lipinski definition) is 4. The summed E-state index contributed by atoms with van der Waals surface area (Å²) in [6, 6.07) is 17.3. The molecule has 3 aliphatic rings. The van der Waals surface area contributed by atoms with Crippen LogP contribution in [0, 0.1) is 29.6 Å². The van der Waals surface area contributed by atoms with Crippen molar-refractivity contribution in [3.63, 3.8) is 0 Å². The molecule has 5 rings (SSSR count). The zero-order valence-corrected chi connectivity index (χ0v) is 17.5. The monoisotopic (exact) mass is 408 g/mol. The molecule has 0 saturated heterocycles. The molecule has 4 nitrogen and oxygen atoms in total. The summed E-state index contributed by atoms with van der Waals surface area (Å²) >= 11 is 0. The highest BCUT2D eigenvalue weighted by atomic mass is 16.2. The van der Waals surface area contributed by atoms with Crippen LogP contribution in [-0.2, 0) is 0 Å². The number of carbonyl (C=O) groups is 2. The molecule has 3 aliphatic carbocycles. The Hall–Kier alpha value is -3.45. The lowest BCUT2D eigenvalue weighted by Crippen LogP contribution is -2.50. The van der Waals surface area contributed by atoms with E-state index in [1.54, 1.807) is 24.3 Å². The van der Waals surface area contributed by atoms with Crippen LogP contribution < -0.4 is 5.73 Å². The van der Waals surface area contributed by atoms with Gasteiger partial charge >= 0.3 is 0 Å². The van der Waals surface area contributed by atoms with E-state index in [-0.39, 0.29) is 23.2 Å². The van der Waals surface area contributed by atoms with Crippen LogP contribution in [0.2, 0.25) is 0 Å². The third kappa shape index (κ3) is 2.53. The molecule has 0 heterocycles. The summed E-state index contributed by atoms with van der Waals surface area (Å²) in [5, 5.41) is 10.1. The van der Waals surface area contributed by atoms with Gasteiger partial charge in [-0.15, -0.1) is 0 Å². The smallest absolute Gasteiger partial charge is 0.184 e. The number of rotatable bonds is 1. The molecule has 2 atom stereocenters. The predicted molar refractivity (Wildman–Crippen MR) is 118 cm³/mol. The van der Waals surface area contributed by atoms with Crippen molar-refractivity contribution < 1.29 is 9.59 Å². The number of carbonyl (C=O) groups excluding carboxylic acids is 2. The molecule has 0 aromatic heterocycles. The highest BCUT2D eigenvalue weighted by Crippen LogP contribution is 2.60. The number of nitrogens with two attached hydrogens (primary N) is 1. The van der Waals surface area contributed by atoms with Gasteiger partial charge in [0.2, 0.25) is 0 Å². The Kier molecular flexibility index (Phi) is 4.44. The Morgan fingerprint density at radius 2 is 1.65 bits per heavy atom. The molecular weight excluding hydrogens is 384 g/mol. The Morgan fingerprint density at radius 3 is 2.26 bits per heavy atom. The summed E-state index contributed by atoms with van der Waals surface area (Å²) in [6.07, 6.45) is 5.81. The topological polar surface area (TPSA) is 83.9 Å². The Balaban J connectivity index is 1.87. The summed E-state index contributed by atoms with van der Waals surface area (Å²) in [6.45, 7) is 2.02. The number of nitriles is 1. The number of Topliss-reactive ketones (excluding diaryl/α,β-unsaturated/α-hetero) is 2. The molecule has 1 spiro atoms. The van der Waals surface area contributed by atoms with Crippen molar-refractivity contribution >= 4 is 11.6 Å². The van der Waals surface area contributed by atoms with Crippen LogP contribution >= 0.6 is 0 Å². The minimum Gasteiger partial charge on any atom is -0.400 e. The van der Waals surface area contributed by atoms with E-state index < -0.39 is 11.3 Å². The van der Waals surface area contributed by atoms with Gasteiger partial charge in [-0.1, -0.05) is 66.6 Å². The number of allylic oxidation sites excluding steroid dienone is 4. The van der Waals surface area contributed by atoms with Crippen LogP contribution in [-0.4, -0.2) is 11.6 Å². The Bertz CT molecular complexity index is 1180. The fraction of sp³-hybridized carbons (Fsp3) is 0.296. The molecule has 0 aliphatic heterocycles. The van der Waals surface area contributed by atoms with Crippen molar-refractivity contribution in [3.05, 3.63) is 93.7 Å². The Labute approximate surface area is 182 Å². The fourth-order valence-electron chi connectivity index (χ4n) is 5.84. The lowest BCUT2D eigenvalue weighted by atomic mass is 9.55. The second kappa shape index (κ2) is 7.06. The van der Waals surface area contributed by atoms with Crippen LogP contribution in [0.4, 0.5) is 0 Å². The molecule has 0 amide bonds. The van der Waals surface area contributed by atoms with E-state index in [4.69, 9.17) is 5.73 Å². The molecule has 2 aromatic carbocycles. The number of aryl methyl sites for hydroxylation is 1. The molecule has 0 fully saturated rings. The van der Waals surface area contributed by atoms with Gasteiger partial charge in [0.1, 0.15) is 11.5 Å². The molecule has 4 heteroatoms. The van der Waals surface area contributed by atoms with Gasteiger partial charge in [0.15, 0.2) is 11.6 Å². The SMILES string of the molecule is Cc1ccc([C@H]2[C@@H]3CCCCC=C3C(C#N)=C(N)C23C(=O)c2ccccc2C3=O)cc1. The normalized spacial score (nSPS) is 24.3. The quantitative estimate of drug-likeness (QED) is 0.672. The first-order valence-corrected chi connectivity index (χ1v) is 10.9. The molecule has 2 aromatic rings. The largest absolute Gasteiger partial charge is 0.400 e. The van der Waals surface area contributed by atoms with Crippen molar-refractivity contribution in [2.24, 2.45) is 17.1 Å². The van der Waals surface area contributed by atoms with E-state index in [0.29, 0.717) is 16.7 Å². The fourth-order valence-corrected chi connectivity index (χ4v) is 5.84. The van der Waals surface area contributed by atoms with Gasteiger partial charge in [0.05, 0.1) is 5.57 Å². The van der Waals surface area contributed by atoms with E-state index in [1.165, 1.54) is 0 Å². The van der Waals surface area contributed by atoms with Crippen LogP contribution in [0.5, 0.6) is 0 Å². The summed E-state index contributed by atoms with van der Waals surface area (Å²) in [5.41, 5.74) is 9.33. The first kappa shape index (κ1) is 19.5. The summed E-state index contributed by atoms with van der Waals surface area (Å²) < 4.78 is 0. The van der Waals surface area contributed by atoms with E-state index in [2.05, 4.69) is 12.1 Å². The zero-order chi connectivity index (χ0) is 21.8. The first-order valence-electron chi connectivity index (χ1n) is 10.9. The van der Waals surface area contributed by atoms with E-state index in [0.717, 1.165) is 42.4 Å². The van der Waals surface area contributed by atoms with E-state index in [9.17, 15) is 14.9 Å². The number of hydrogen-bond donors (Lipinski definition) is 1. The van der Waals surface area contributed by atoms with E-state index in [1.807, 2.05) is 31.2 Å². The van der Waals surface area contributed by atoms with Gasteiger partial charge in [0.25, 0.3) is 0 Å². The molecule has 0 unspecified atom stereocenters. The second-order valence-corrected chi connectivity index (χ2v) is 8.85. The zero-order valence-electron chi connectivity index (χ0n) is 17.5. The average Bonchev–Trinajstić information content (AvgIpc) is 2.93. The minimum absolute atomic E-state index is 0.102. The van der Waals surface area contributed by atoms with Crippen LogP contribution in [0.15, 0.2) is 71.5 Å². The van der Waals surface area contributed by atoms with Crippen molar-refractivity contribution in [2.45, 2.75) is 38.5 Å². The molecule has 0 radical (unpaired) electrons. The van der Waals surface area contributed by atoms with Crippen LogP contribution in [0.1, 0.15) is 63.4 Å². The minimum atomic E-state index is -1.56. The average molecular weight is 409 g/mol. The molecule has 2 N–H and O–H groups in total. The van der Waals surface area contributed by atoms with Crippen molar-refractivity contribution in [1.82, 2.24) is 0 Å². The number of benzene rings is 2. The highest BCUT2D eigenvalue weighted by Gasteiger charge is 2.64. The first-order chi connectivity index (χ1) is 15.0. The van der Waals surface area contributed by atoms with E-state index >= 15 is 0 Å². The van der Waals surface area contributed by atoms with Crippen LogP contribution in [0.25, 0.3) is 0 Å². The highest BCUT2D eigenvalue weighted by molar-refractivity contribution is 6.32. The lowest BCUT2D eigenvalue weighted by molar-refractivity contribution is 0.0662. The van der Waals surface area contributed by atoms with Crippen LogP contribution in [0.3, 0.4) is 0 Å². The molecule has 0 saturated carbocycles. The second-order valence-electron chi connectivity index (χ2n) is 8.85. The van der Waals surface area contributed by atoms with Crippen molar-refractivity contribution in [3.8, 4) is 6.07 Å². The summed E-state index contributed by atoms with van der Waals surface area (Å²) in [7, 11) is 0. The standard InChI is InChI=1S/C27H24N2O2/c1-16-11-13-17(14-12-16)23-19-8-4-2-3-7-18(19)22(15-28)24(29)27(23)25(30)20-9-5-6-10-21(20)26(27)31/h5-7,9-14,19,23H,2-4,8,29H2,1H3/t19-,23+/m1/s1. The molecular formula is C27H24N2O2. The molecule has 154 valence electrons. The maximum absolute atomic E-state index is 14.0. The maximum atomic E-state index is 14.0.